The van der Waals surface area contributed by atoms with Crippen LogP contribution in [-0.2, 0) is 14.6 Å². The van der Waals surface area contributed by atoms with Crippen molar-refractivity contribution in [3.63, 3.8) is 0 Å². The first-order chi connectivity index (χ1) is 16.3. The lowest BCUT2D eigenvalue weighted by atomic mass is 9.94. The minimum absolute atomic E-state index is 0.00644. The molecule has 1 saturated heterocycles. The predicted molar refractivity (Wildman–Crippen MR) is 130 cm³/mol. The number of piperidine rings is 1. The van der Waals surface area contributed by atoms with Crippen LogP contribution in [0.15, 0.2) is 35.7 Å². The molecule has 0 N–H and O–H groups in total. The number of likely N-dealkylation sites (tertiary alicyclic amines) is 1. The van der Waals surface area contributed by atoms with Gasteiger partial charge in [-0.1, -0.05) is 6.92 Å². The summed E-state index contributed by atoms with van der Waals surface area (Å²) in [7, 11) is -3.41. The van der Waals surface area contributed by atoms with Crippen LogP contribution in [0.3, 0.4) is 0 Å². The number of pyridine rings is 1. The summed E-state index contributed by atoms with van der Waals surface area (Å²) in [6, 6.07) is 5.05. The van der Waals surface area contributed by atoms with Crippen LogP contribution >= 0.6 is 0 Å². The van der Waals surface area contributed by atoms with E-state index >= 15 is 0 Å². The second-order valence-electron chi connectivity index (χ2n) is 10.0. The molecule has 0 spiro atoms. The number of aryl methyl sites for hydroxylation is 1. The van der Waals surface area contributed by atoms with Gasteiger partial charge in [0.05, 0.1) is 11.1 Å². The van der Waals surface area contributed by atoms with Crippen LogP contribution in [0.1, 0.15) is 45.9 Å². The molecule has 4 heterocycles. The SMILES string of the molecule is Cc1nc(S(C)(=O)=O)ccc1Oc1ncnc2c1ccn2[C@H]1CCN(C(=O)OC(C)(C)C)C[C@H]1C. The van der Waals surface area contributed by atoms with Crippen molar-refractivity contribution in [2.75, 3.05) is 19.3 Å². The van der Waals surface area contributed by atoms with E-state index in [-0.39, 0.29) is 23.1 Å². The van der Waals surface area contributed by atoms with Gasteiger partial charge in [-0.3, -0.25) is 0 Å². The highest BCUT2D eigenvalue weighted by molar-refractivity contribution is 7.90. The molecule has 4 rings (SSSR count). The zero-order valence-corrected chi connectivity index (χ0v) is 21.7. The van der Waals surface area contributed by atoms with Gasteiger partial charge >= 0.3 is 6.09 Å². The maximum absolute atomic E-state index is 12.5. The molecular weight excluding hydrogens is 470 g/mol. The number of rotatable bonds is 4. The van der Waals surface area contributed by atoms with Gasteiger partial charge in [0, 0.05) is 31.6 Å². The summed E-state index contributed by atoms with van der Waals surface area (Å²) >= 11 is 0. The lowest BCUT2D eigenvalue weighted by Crippen LogP contribution is -2.45. The highest BCUT2D eigenvalue weighted by atomic mass is 32.2. The van der Waals surface area contributed by atoms with E-state index < -0.39 is 15.4 Å². The minimum Gasteiger partial charge on any atom is -0.444 e. The number of carbonyl (C=O) groups is 1. The van der Waals surface area contributed by atoms with E-state index in [4.69, 9.17) is 9.47 Å². The van der Waals surface area contributed by atoms with Crippen molar-refractivity contribution in [1.29, 1.82) is 0 Å². The second kappa shape index (κ2) is 9.10. The van der Waals surface area contributed by atoms with Crippen molar-refractivity contribution >= 4 is 27.0 Å². The van der Waals surface area contributed by atoms with E-state index in [0.717, 1.165) is 23.7 Å². The molecule has 1 aliphatic rings. The zero-order valence-electron chi connectivity index (χ0n) is 20.8. The van der Waals surface area contributed by atoms with E-state index in [1.165, 1.54) is 12.4 Å². The fourth-order valence-electron chi connectivity index (χ4n) is 4.28. The Morgan fingerprint density at radius 3 is 2.54 bits per heavy atom. The van der Waals surface area contributed by atoms with Crippen molar-refractivity contribution < 1.29 is 22.7 Å². The van der Waals surface area contributed by atoms with Gasteiger partial charge in [0.15, 0.2) is 20.6 Å². The molecule has 1 amide bonds. The summed E-state index contributed by atoms with van der Waals surface area (Å²) in [4.78, 5) is 27.2. The summed E-state index contributed by atoms with van der Waals surface area (Å²) in [5.74, 6) is 0.968. The Kier molecular flexibility index (Phi) is 6.48. The molecule has 35 heavy (non-hydrogen) atoms. The third-order valence-electron chi connectivity index (χ3n) is 5.94. The van der Waals surface area contributed by atoms with Gasteiger partial charge in [0.2, 0.25) is 5.88 Å². The Balaban J connectivity index is 1.55. The molecule has 1 aliphatic heterocycles. The average molecular weight is 502 g/mol. The van der Waals surface area contributed by atoms with Crippen molar-refractivity contribution in [3.05, 3.63) is 36.4 Å². The first-order valence-corrected chi connectivity index (χ1v) is 13.4. The van der Waals surface area contributed by atoms with E-state index in [2.05, 4.69) is 26.4 Å². The quantitative estimate of drug-likeness (QED) is 0.523. The number of carbonyl (C=O) groups excluding carboxylic acids is 1. The van der Waals surface area contributed by atoms with Crippen LogP contribution in [0.5, 0.6) is 11.6 Å². The summed E-state index contributed by atoms with van der Waals surface area (Å²) in [6.45, 7) is 10.6. The normalized spacial score (nSPS) is 19.1. The van der Waals surface area contributed by atoms with E-state index in [1.807, 2.05) is 33.0 Å². The molecule has 0 aromatic carbocycles. The maximum atomic E-state index is 12.5. The number of amides is 1. The molecule has 0 unspecified atom stereocenters. The lowest BCUT2D eigenvalue weighted by molar-refractivity contribution is 0.0127. The number of hydrogen-bond acceptors (Lipinski definition) is 8. The zero-order chi connectivity index (χ0) is 25.5. The van der Waals surface area contributed by atoms with Gasteiger partial charge < -0.3 is 18.9 Å². The van der Waals surface area contributed by atoms with Gasteiger partial charge in [0.1, 0.15) is 17.6 Å². The Bertz CT molecular complexity index is 1360. The van der Waals surface area contributed by atoms with Crippen molar-refractivity contribution in [3.8, 4) is 11.6 Å². The highest BCUT2D eigenvalue weighted by Gasteiger charge is 2.33. The predicted octanol–water partition coefficient (Wildman–Crippen LogP) is 4.15. The van der Waals surface area contributed by atoms with Crippen molar-refractivity contribution in [2.24, 2.45) is 5.92 Å². The lowest BCUT2D eigenvalue weighted by Gasteiger charge is -2.38. The number of aromatic nitrogens is 4. The molecule has 0 saturated carbocycles. The molecule has 1 fully saturated rings. The Labute approximate surface area is 205 Å². The number of fused-ring (bicyclic) bond motifs is 1. The van der Waals surface area contributed by atoms with Crippen LogP contribution in [0.25, 0.3) is 11.0 Å². The van der Waals surface area contributed by atoms with Crippen LogP contribution < -0.4 is 4.74 Å². The molecule has 188 valence electrons. The summed E-state index contributed by atoms with van der Waals surface area (Å²) in [6.07, 6.45) is 5.01. The first kappa shape index (κ1) is 24.9. The molecule has 11 heteroatoms. The van der Waals surface area contributed by atoms with Crippen LogP contribution in [0.4, 0.5) is 4.79 Å². The van der Waals surface area contributed by atoms with E-state index in [0.29, 0.717) is 30.4 Å². The maximum Gasteiger partial charge on any atom is 0.410 e. The van der Waals surface area contributed by atoms with Crippen LogP contribution in [0, 0.1) is 12.8 Å². The summed E-state index contributed by atoms with van der Waals surface area (Å²) in [5.41, 5.74) is 0.651. The number of sulfone groups is 1. The molecular formula is C24H31N5O5S. The largest absolute Gasteiger partial charge is 0.444 e. The highest BCUT2D eigenvalue weighted by Crippen LogP contribution is 2.35. The van der Waals surface area contributed by atoms with Gasteiger partial charge in [-0.15, -0.1) is 0 Å². The summed E-state index contributed by atoms with van der Waals surface area (Å²) < 4.78 is 37.2. The molecule has 3 aromatic heterocycles. The Morgan fingerprint density at radius 2 is 1.91 bits per heavy atom. The van der Waals surface area contributed by atoms with Gasteiger partial charge in [-0.25, -0.2) is 28.2 Å². The standard InChI is InChI=1S/C24H31N5O5S/c1-15-13-28(23(30)34-24(3,4)5)11-10-18(15)29-12-9-17-21(29)25-14-26-22(17)33-19-7-8-20(27-16(19)2)35(6,31)32/h7-9,12,14-15,18H,10-11,13H2,1-6H3/t15-,18+/m1/s1. The first-order valence-electron chi connectivity index (χ1n) is 11.5. The topological polar surface area (TPSA) is 117 Å². The number of hydrogen-bond donors (Lipinski definition) is 0. The summed E-state index contributed by atoms with van der Waals surface area (Å²) in [5, 5.41) is 0.730. The minimum atomic E-state index is -3.41. The van der Waals surface area contributed by atoms with Gasteiger partial charge in [-0.05, 0) is 58.2 Å². The van der Waals surface area contributed by atoms with Crippen LogP contribution in [0.2, 0.25) is 0 Å². The molecule has 0 bridgehead atoms. The van der Waals surface area contributed by atoms with Crippen molar-refractivity contribution in [1.82, 2.24) is 24.4 Å². The third-order valence-corrected chi connectivity index (χ3v) is 6.93. The fraction of sp³-hybridized carbons (Fsp3) is 0.500. The fourth-order valence-corrected chi connectivity index (χ4v) is 4.90. The molecule has 0 radical (unpaired) electrons. The molecule has 0 aliphatic carbocycles. The molecule has 3 aromatic rings. The van der Waals surface area contributed by atoms with Crippen molar-refractivity contribution in [2.45, 2.75) is 57.7 Å². The average Bonchev–Trinajstić information content (AvgIpc) is 3.18. The third kappa shape index (κ3) is 5.39. The number of nitrogens with zero attached hydrogens (tertiary/aromatic N) is 5. The Hall–Kier alpha value is -3.21. The van der Waals surface area contributed by atoms with Gasteiger partial charge in [-0.2, -0.15) is 0 Å². The second-order valence-corrected chi connectivity index (χ2v) is 12.0. The van der Waals surface area contributed by atoms with Gasteiger partial charge in [0.25, 0.3) is 0 Å². The monoisotopic (exact) mass is 501 g/mol. The smallest absolute Gasteiger partial charge is 0.410 e. The molecule has 2 atom stereocenters. The Morgan fingerprint density at radius 1 is 1.17 bits per heavy atom. The molecule has 10 nitrogen and oxygen atoms in total. The van der Waals surface area contributed by atoms with E-state index in [9.17, 15) is 13.2 Å². The van der Waals surface area contributed by atoms with E-state index in [1.54, 1.807) is 17.9 Å². The number of ether oxygens (including phenoxy) is 2. The van der Waals surface area contributed by atoms with Crippen LogP contribution in [-0.4, -0.2) is 63.9 Å².